The summed E-state index contributed by atoms with van der Waals surface area (Å²) in [6.07, 6.45) is 4.02. The number of rotatable bonds is 3. The Kier molecular flexibility index (Phi) is 5.44. The normalized spacial score (nSPS) is 9.12. The van der Waals surface area contributed by atoms with Gasteiger partial charge in [-0.25, -0.2) is 0 Å². The lowest BCUT2D eigenvalue weighted by atomic mass is 10.3. The molecule has 1 aromatic rings. The number of pyridine rings is 1. The van der Waals surface area contributed by atoms with Crippen LogP contribution in [0.3, 0.4) is 0 Å². The molecule has 0 atom stereocenters. The second-order valence-corrected chi connectivity index (χ2v) is 4.28. The van der Waals surface area contributed by atoms with Crippen molar-refractivity contribution in [2.45, 2.75) is 13.3 Å². The summed E-state index contributed by atoms with van der Waals surface area (Å²) < 4.78 is 5.03. The molecule has 0 aliphatic rings. The van der Waals surface area contributed by atoms with Gasteiger partial charge in [-0.15, -0.1) is 0 Å². The molecule has 0 unspecified atom stereocenters. The summed E-state index contributed by atoms with van der Waals surface area (Å²) in [4.78, 5) is 14.6. The summed E-state index contributed by atoms with van der Waals surface area (Å²) in [5, 5.41) is 0.129. The Morgan fingerprint density at radius 1 is 1.56 bits per heavy atom. The molecule has 16 heavy (non-hydrogen) atoms. The number of carbonyl (C=O) groups is 1. The molecular formula is C12H13NO2S. The van der Waals surface area contributed by atoms with E-state index in [1.807, 2.05) is 6.07 Å². The Balaban J connectivity index is 2.46. The Morgan fingerprint density at radius 3 is 3.06 bits per heavy atom. The standard InChI is InChI=1S/C12H13NO2S/c1-10(14)16-6-4-3-5-11-7-12(15-2)9-13-8-11/h7-9H,4,6H2,1-2H3. The van der Waals surface area contributed by atoms with Gasteiger partial charge in [0.2, 0.25) is 0 Å². The summed E-state index contributed by atoms with van der Waals surface area (Å²) in [6, 6.07) is 1.83. The number of thioether (sulfide) groups is 1. The average molecular weight is 235 g/mol. The average Bonchev–Trinajstić information content (AvgIpc) is 2.28. The molecule has 0 saturated carbocycles. The number of aromatic nitrogens is 1. The van der Waals surface area contributed by atoms with Crippen molar-refractivity contribution >= 4 is 16.9 Å². The smallest absolute Gasteiger partial charge is 0.185 e. The summed E-state index contributed by atoms with van der Waals surface area (Å²) in [6.45, 7) is 1.56. The van der Waals surface area contributed by atoms with E-state index in [2.05, 4.69) is 16.8 Å². The molecule has 0 fully saturated rings. The fourth-order valence-electron chi connectivity index (χ4n) is 1.01. The van der Waals surface area contributed by atoms with Crippen molar-refractivity contribution in [1.29, 1.82) is 0 Å². The third-order valence-electron chi connectivity index (χ3n) is 1.71. The van der Waals surface area contributed by atoms with Gasteiger partial charge in [0.05, 0.1) is 13.3 Å². The third kappa shape index (κ3) is 4.85. The first-order valence-corrected chi connectivity index (χ1v) is 5.82. The first kappa shape index (κ1) is 12.6. The second-order valence-electron chi connectivity index (χ2n) is 3.01. The van der Waals surface area contributed by atoms with Gasteiger partial charge in [-0.3, -0.25) is 9.78 Å². The summed E-state index contributed by atoms with van der Waals surface area (Å²) in [5.74, 6) is 7.40. The lowest BCUT2D eigenvalue weighted by Crippen LogP contribution is -1.86. The highest BCUT2D eigenvalue weighted by Gasteiger charge is 1.93. The quantitative estimate of drug-likeness (QED) is 0.594. The van der Waals surface area contributed by atoms with Crippen LogP contribution in [0.2, 0.25) is 0 Å². The molecule has 0 aromatic carbocycles. The topological polar surface area (TPSA) is 39.2 Å². The minimum absolute atomic E-state index is 0.129. The number of hydrogen-bond donors (Lipinski definition) is 0. The van der Waals surface area contributed by atoms with Crippen molar-refractivity contribution in [2.24, 2.45) is 0 Å². The van der Waals surface area contributed by atoms with Crippen LogP contribution in [-0.2, 0) is 4.79 Å². The van der Waals surface area contributed by atoms with Crippen LogP contribution in [0.15, 0.2) is 18.5 Å². The minimum atomic E-state index is 0.129. The molecule has 0 bridgehead atoms. The molecule has 0 radical (unpaired) electrons. The van der Waals surface area contributed by atoms with Crippen LogP contribution >= 0.6 is 11.8 Å². The first-order valence-electron chi connectivity index (χ1n) is 4.83. The number of carbonyl (C=O) groups excluding carboxylic acids is 1. The van der Waals surface area contributed by atoms with Gasteiger partial charge in [-0.05, 0) is 6.07 Å². The Labute approximate surface area is 99.6 Å². The maximum atomic E-state index is 10.6. The van der Waals surface area contributed by atoms with E-state index in [4.69, 9.17) is 4.74 Å². The molecule has 3 nitrogen and oxygen atoms in total. The number of nitrogens with zero attached hydrogens (tertiary/aromatic N) is 1. The highest BCUT2D eigenvalue weighted by molar-refractivity contribution is 8.13. The van der Waals surface area contributed by atoms with Crippen LogP contribution < -0.4 is 4.74 Å². The van der Waals surface area contributed by atoms with Crippen LogP contribution in [0.5, 0.6) is 5.75 Å². The molecule has 0 spiro atoms. The molecule has 0 N–H and O–H groups in total. The highest BCUT2D eigenvalue weighted by Crippen LogP contribution is 2.09. The lowest BCUT2D eigenvalue weighted by molar-refractivity contribution is -0.109. The largest absolute Gasteiger partial charge is 0.495 e. The maximum Gasteiger partial charge on any atom is 0.185 e. The van der Waals surface area contributed by atoms with Crippen molar-refractivity contribution in [3.63, 3.8) is 0 Å². The summed E-state index contributed by atoms with van der Waals surface area (Å²) in [5.41, 5.74) is 0.826. The van der Waals surface area contributed by atoms with E-state index in [0.29, 0.717) is 12.2 Å². The van der Waals surface area contributed by atoms with Gasteiger partial charge in [0, 0.05) is 30.9 Å². The Morgan fingerprint density at radius 2 is 2.38 bits per heavy atom. The van der Waals surface area contributed by atoms with E-state index in [1.165, 1.54) is 11.8 Å². The zero-order chi connectivity index (χ0) is 11.8. The van der Waals surface area contributed by atoms with Gasteiger partial charge in [0.15, 0.2) is 5.12 Å². The van der Waals surface area contributed by atoms with Crippen LogP contribution in [0.1, 0.15) is 18.9 Å². The third-order valence-corrected chi connectivity index (χ3v) is 2.53. The summed E-state index contributed by atoms with van der Waals surface area (Å²) >= 11 is 1.29. The Hall–Kier alpha value is -1.47. The highest BCUT2D eigenvalue weighted by atomic mass is 32.2. The van der Waals surface area contributed by atoms with Crippen molar-refractivity contribution < 1.29 is 9.53 Å². The van der Waals surface area contributed by atoms with Crippen LogP contribution in [0, 0.1) is 11.8 Å². The van der Waals surface area contributed by atoms with E-state index >= 15 is 0 Å². The van der Waals surface area contributed by atoms with Gasteiger partial charge < -0.3 is 4.74 Å². The van der Waals surface area contributed by atoms with Crippen LogP contribution in [0.4, 0.5) is 0 Å². The van der Waals surface area contributed by atoms with Crippen molar-refractivity contribution in [1.82, 2.24) is 4.98 Å². The van der Waals surface area contributed by atoms with E-state index in [9.17, 15) is 4.79 Å². The number of ether oxygens (including phenoxy) is 1. The van der Waals surface area contributed by atoms with Gasteiger partial charge in [0.1, 0.15) is 5.75 Å². The van der Waals surface area contributed by atoms with Gasteiger partial charge in [-0.1, -0.05) is 23.6 Å². The molecule has 0 aliphatic carbocycles. The fraction of sp³-hybridized carbons (Fsp3) is 0.333. The second kappa shape index (κ2) is 6.91. The zero-order valence-corrected chi connectivity index (χ0v) is 10.1. The minimum Gasteiger partial charge on any atom is -0.495 e. The maximum absolute atomic E-state index is 10.6. The molecule has 1 aromatic heterocycles. The molecule has 84 valence electrons. The van der Waals surface area contributed by atoms with E-state index in [-0.39, 0.29) is 5.12 Å². The molecular weight excluding hydrogens is 222 g/mol. The molecule has 1 rings (SSSR count). The van der Waals surface area contributed by atoms with Crippen molar-refractivity contribution in [3.8, 4) is 17.6 Å². The van der Waals surface area contributed by atoms with Gasteiger partial charge >= 0.3 is 0 Å². The zero-order valence-electron chi connectivity index (χ0n) is 9.32. The number of hydrogen-bond acceptors (Lipinski definition) is 4. The molecule has 0 amide bonds. The monoisotopic (exact) mass is 235 g/mol. The van der Waals surface area contributed by atoms with Crippen LogP contribution in [0.25, 0.3) is 0 Å². The van der Waals surface area contributed by atoms with E-state index in [1.54, 1.807) is 26.4 Å². The van der Waals surface area contributed by atoms with Crippen LogP contribution in [-0.4, -0.2) is 23.0 Å². The SMILES string of the molecule is COc1cncc(C#CCCSC(C)=O)c1. The number of methoxy groups -OCH3 is 1. The first-order chi connectivity index (χ1) is 7.72. The molecule has 4 heteroatoms. The van der Waals surface area contributed by atoms with Crippen molar-refractivity contribution in [3.05, 3.63) is 24.0 Å². The predicted octanol–water partition coefficient (Wildman–Crippen LogP) is 2.11. The van der Waals surface area contributed by atoms with Gasteiger partial charge in [0.25, 0.3) is 0 Å². The molecule has 1 heterocycles. The Bertz CT molecular complexity index is 421. The fourth-order valence-corrected chi connectivity index (χ4v) is 1.50. The van der Waals surface area contributed by atoms with Gasteiger partial charge in [-0.2, -0.15) is 0 Å². The summed E-state index contributed by atoms with van der Waals surface area (Å²) in [7, 11) is 1.59. The molecule has 0 aliphatic heterocycles. The molecule has 0 saturated heterocycles. The van der Waals surface area contributed by atoms with E-state index in [0.717, 1.165) is 11.3 Å². The lowest BCUT2D eigenvalue weighted by Gasteiger charge is -1.97. The van der Waals surface area contributed by atoms with Crippen molar-refractivity contribution in [2.75, 3.05) is 12.9 Å². The van der Waals surface area contributed by atoms with E-state index < -0.39 is 0 Å². The predicted molar refractivity (Wildman–Crippen MR) is 65.4 cm³/mol.